The van der Waals surface area contributed by atoms with E-state index in [2.05, 4.69) is 20.9 Å². The number of rotatable bonds is 2. The third-order valence-electron chi connectivity index (χ3n) is 1.46. The highest BCUT2D eigenvalue weighted by Gasteiger charge is 2.18. The summed E-state index contributed by atoms with van der Waals surface area (Å²) in [6.07, 6.45) is 0.990. The van der Waals surface area contributed by atoms with Crippen LogP contribution < -0.4 is 5.73 Å². The molecule has 0 aliphatic rings. The number of carbonyl (C=O) groups is 1. The first-order chi connectivity index (χ1) is 6.32. The summed E-state index contributed by atoms with van der Waals surface area (Å²) < 4.78 is 22.8. The molecule has 1 aromatic rings. The molecule has 0 fully saturated rings. The number of nitrogens with two attached hydrogens (primary N) is 1. The Morgan fingerprint density at radius 3 is 2.50 bits per heavy atom. The third-order valence-corrected chi connectivity index (χ3v) is 3.03. The molecule has 1 amide bonds. The first kappa shape index (κ1) is 11.1. The summed E-state index contributed by atoms with van der Waals surface area (Å²) >= 11 is 3.02. The number of sulfone groups is 1. The highest BCUT2D eigenvalue weighted by molar-refractivity contribution is 9.10. The summed E-state index contributed by atoms with van der Waals surface area (Å²) in [6.45, 7) is 0. The van der Waals surface area contributed by atoms with Crippen LogP contribution in [-0.2, 0) is 9.84 Å². The fourth-order valence-corrected chi connectivity index (χ4v) is 2.02. The zero-order valence-corrected chi connectivity index (χ0v) is 9.59. The molecule has 0 spiro atoms. The molecule has 0 radical (unpaired) electrons. The molecular formula is C7H7BrN2O3S. The number of amides is 1. The van der Waals surface area contributed by atoms with Gasteiger partial charge in [-0.1, -0.05) is 0 Å². The van der Waals surface area contributed by atoms with Crippen LogP contribution in [0.15, 0.2) is 21.6 Å². The predicted octanol–water partition coefficient (Wildman–Crippen LogP) is 0.347. The van der Waals surface area contributed by atoms with Crippen molar-refractivity contribution < 1.29 is 13.2 Å². The van der Waals surface area contributed by atoms with Crippen molar-refractivity contribution >= 4 is 31.7 Å². The SMILES string of the molecule is CS(=O)(=O)c1ccc(Br)nc1C(N)=O. The van der Waals surface area contributed by atoms with E-state index in [0.29, 0.717) is 4.60 Å². The van der Waals surface area contributed by atoms with Crippen LogP contribution in [-0.4, -0.2) is 25.6 Å². The number of hydrogen-bond acceptors (Lipinski definition) is 4. The molecule has 0 saturated carbocycles. The van der Waals surface area contributed by atoms with Gasteiger partial charge in [-0.15, -0.1) is 0 Å². The summed E-state index contributed by atoms with van der Waals surface area (Å²) in [5, 5.41) is 0. The van der Waals surface area contributed by atoms with Gasteiger partial charge in [0.25, 0.3) is 5.91 Å². The van der Waals surface area contributed by atoms with Gasteiger partial charge >= 0.3 is 0 Å². The van der Waals surface area contributed by atoms with E-state index in [1.165, 1.54) is 12.1 Å². The largest absolute Gasteiger partial charge is 0.364 e. The number of hydrogen-bond donors (Lipinski definition) is 1. The Bertz CT molecular complexity index is 484. The number of carbonyl (C=O) groups excluding carboxylic acids is 1. The summed E-state index contributed by atoms with van der Waals surface area (Å²) in [5.74, 6) is -0.869. The van der Waals surface area contributed by atoms with Crippen molar-refractivity contribution in [2.45, 2.75) is 4.90 Å². The van der Waals surface area contributed by atoms with Crippen LogP contribution in [0.25, 0.3) is 0 Å². The van der Waals surface area contributed by atoms with Crippen molar-refractivity contribution in [3.63, 3.8) is 0 Å². The Hall–Kier alpha value is -0.950. The maximum absolute atomic E-state index is 11.2. The Labute approximate surface area is 89.4 Å². The maximum atomic E-state index is 11.2. The Kier molecular flexibility index (Phi) is 2.91. The minimum atomic E-state index is -3.48. The van der Waals surface area contributed by atoms with Crippen molar-refractivity contribution in [3.05, 3.63) is 22.4 Å². The highest BCUT2D eigenvalue weighted by Crippen LogP contribution is 2.16. The number of halogens is 1. The van der Waals surface area contributed by atoms with Crippen LogP contribution in [0.5, 0.6) is 0 Å². The summed E-state index contributed by atoms with van der Waals surface area (Å²) in [7, 11) is -3.48. The molecule has 0 saturated heterocycles. The molecule has 1 rings (SSSR count). The third kappa shape index (κ3) is 2.30. The van der Waals surface area contributed by atoms with Crippen LogP contribution in [0, 0.1) is 0 Å². The van der Waals surface area contributed by atoms with Gasteiger partial charge in [-0.05, 0) is 28.1 Å². The minimum absolute atomic E-state index is 0.159. The lowest BCUT2D eigenvalue weighted by atomic mass is 10.3. The van der Waals surface area contributed by atoms with Gasteiger partial charge in [0.05, 0.1) is 4.90 Å². The number of pyridine rings is 1. The molecular weight excluding hydrogens is 272 g/mol. The van der Waals surface area contributed by atoms with E-state index in [-0.39, 0.29) is 10.6 Å². The monoisotopic (exact) mass is 278 g/mol. The normalized spacial score (nSPS) is 11.3. The van der Waals surface area contributed by atoms with Crippen LogP contribution >= 0.6 is 15.9 Å². The molecule has 14 heavy (non-hydrogen) atoms. The molecule has 1 aromatic heterocycles. The van der Waals surface area contributed by atoms with Crippen LogP contribution in [0.1, 0.15) is 10.5 Å². The molecule has 5 nitrogen and oxygen atoms in total. The number of aromatic nitrogens is 1. The standard InChI is InChI=1S/C7H7BrN2O3S/c1-14(12,13)4-2-3-5(8)10-6(4)7(9)11/h2-3H,1H3,(H2,9,11). The van der Waals surface area contributed by atoms with E-state index in [9.17, 15) is 13.2 Å². The molecule has 0 aromatic carbocycles. The fourth-order valence-electron chi connectivity index (χ4n) is 0.898. The Morgan fingerprint density at radius 2 is 2.07 bits per heavy atom. The lowest BCUT2D eigenvalue weighted by molar-refractivity contribution is 0.0992. The zero-order chi connectivity index (χ0) is 10.9. The highest BCUT2D eigenvalue weighted by atomic mass is 79.9. The fraction of sp³-hybridized carbons (Fsp3) is 0.143. The van der Waals surface area contributed by atoms with Crippen molar-refractivity contribution in [1.29, 1.82) is 0 Å². The smallest absolute Gasteiger partial charge is 0.268 e. The van der Waals surface area contributed by atoms with Crippen molar-refractivity contribution in [2.75, 3.05) is 6.26 Å². The number of nitrogens with zero attached hydrogens (tertiary/aromatic N) is 1. The molecule has 0 bridgehead atoms. The van der Waals surface area contributed by atoms with Crippen LogP contribution in [0.3, 0.4) is 0 Å². The lowest BCUT2D eigenvalue weighted by Crippen LogP contribution is -2.17. The van der Waals surface area contributed by atoms with Gasteiger partial charge in [-0.3, -0.25) is 4.79 Å². The Balaban J connectivity index is 3.53. The molecule has 0 atom stereocenters. The van der Waals surface area contributed by atoms with Gasteiger partial charge < -0.3 is 5.73 Å². The molecule has 0 aliphatic carbocycles. The van der Waals surface area contributed by atoms with E-state index in [1.807, 2.05) is 0 Å². The van der Waals surface area contributed by atoms with E-state index in [4.69, 9.17) is 5.73 Å². The van der Waals surface area contributed by atoms with Gasteiger partial charge in [0, 0.05) is 6.26 Å². The van der Waals surface area contributed by atoms with Gasteiger partial charge in [0.15, 0.2) is 9.84 Å². The molecule has 0 aliphatic heterocycles. The van der Waals surface area contributed by atoms with Crippen LogP contribution in [0.4, 0.5) is 0 Å². The predicted molar refractivity (Wildman–Crippen MR) is 53.6 cm³/mol. The van der Waals surface area contributed by atoms with E-state index in [0.717, 1.165) is 6.26 Å². The topological polar surface area (TPSA) is 90.1 Å². The first-order valence-corrected chi connectivity index (χ1v) is 6.17. The van der Waals surface area contributed by atoms with Gasteiger partial charge in [-0.2, -0.15) is 0 Å². The zero-order valence-electron chi connectivity index (χ0n) is 7.19. The molecule has 76 valence electrons. The first-order valence-electron chi connectivity index (χ1n) is 3.49. The summed E-state index contributed by atoms with van der Waals surface area (Å²) in [5.41, 5.74) is 4.75. The Morgan fingerprint density at radius 1 is 1.50 bits per heavy atom. The lowest BCUT2D eigenvalue weighted by Gasteiger charge is -2.03. The van der Waals surface area contributed by atoms with Gasteiger partial charge in [0.2, 0.25) is 0 Å². The van der Waals surface area contributed by atoms with Crippen molar-refractivity contribution in [3.8, 4) is 0 Å². The molecule has 1 heterocycles. The van der Waals surface area contributed by atoms with E-state index >= 15 is 0 Å². The minimum Gasteiger partial charge on any atom is -0.364 e. The van der Waals surface area contributed by atoms with Gasteiger partial charge in [-0.25, -0.2) is 13.4 Å². The number of primary amides is 1. The van der Waals surface area contributed by atoms with Crippen LogP contribution in [0.2, 0.25) is 0 Å². The van der Waals surface area contributed by atoms with E-state index in [1.54, 1.807) is 0 Å². The van der Waals surface area contributed by atoms with Crippen molar-refractivity contribution in [2.24, 2.45) is 5.73 Å². The summed E-state index contributed by atoms with van der Waals surface area (Å²) in [6, 6.07) is 2.72. The second-order valence-corrected chi connectivity index (χ2v) is 5.41. The average molecular weight is 279 g/mol. The quantitative estimate of drug-likeness (QED) is 0.791. The molecule has 7 heteroatoms. The average Bonchev–Trinajstić information content (AvgIpc) is 2.01. The molecule has 0 unspecified atom stereocenters. The molecule has 2 N–H and O–H groups in total. The second kappa shape index (κ2) is 3.66. The summed E-state index contributed by atoms with van der Waals surface area (Å²) in [4.78, 5) is 14.4. The van der Waals surface area contributed by atoms with Gasteiger partial charge in [0.1, 0.15) is 10.3 Å². The second-order valence-electron chi connectivity index (χ2n) is 2.62. The van der Waals surface area contributed by atoms with Crippen molar-refractivity contribution in [1.82, 2.24) is 4.98 Å². The maximum Gasteiger partial charge on any atom is 0.268 e. The van der Waals surface area contributed by atoms with E-state index < -0.39 is 15.7 Å².